The average molecular weight is 346 g/mol. The molecular formula is C15H20ClNO4S. The second kappa shape index (κ2) is 6.98. The zero-order chi connectivity index (χ0) is 16.3. The van der Waals surface area contributed by atoms with E-state index in [1.54, 1.807) is 30.2 Å². The minimum atomic E-state index is -3.06. The zero-order valence-corrected chi connectivity index (χ0v) is 14.3. The molecule has 1 aliphatic rings. The molecule has 5 nitrogen and oxygen atoms in total. The highest BCUT2D eigenvalue weighted by atomic mass is 35.5. The van der Waals surface area contributed by atoms with Gasteiger partial charge in [-0.15, -0.1) is 0 Å². The van der Waals surface area contributed by atoms with E-state index in [9.17, 15) is 13.2 Å². The monoisotopic (exact) mass is 345 g/mol. The highest BCUT2D eigenvalue weighted by Crippen LogP contribution is 2.22. The summed E-state index contributed by atoms with van der Waals surface area (Å²) < 4.78 is 28.4. The molecule has 1 saturated heterocycles. The van der Waals surface area contributed by atoms with Gasteiger partial charge in [-0.05, 0) is 37.1 Å². The maximum absolute atomic E-state index is 12.8. The Morgan fingerprint density at radius 1 is 1.41 bits per heavy atom. The Morgan fingerprint density at radius 3 is 2.68 bits per heavy atom. The molecular weight excluding hydrogens is 326 g/mol. The average Bonchev–Trinajstić information content (AvgIpc) is 2.78. The second-order valence-electron chi connectivity index (χ2n) is 5.57. The first-order chi connectivity index (χ1) is 10.3. The molecule has 1 fully saturated rings. The van der Waals surface area contributed by atoms with Gasteiger partial charge in [-0.3, -0.25) is 4.79 Å². The number of sulfone groups is 1. The van der Waals surface area contributed by atoms with Gasteiger partial charge in [0.2, 0.25) is 0 Å². The summed E-state index contributed by atoms with van der Waals surface area (Å²) in [6.07, 6.45) is 0.470. The third-order valence-electron chi connectivity index (χ3n) is 3.74. The van der Waals surface area contributed by atoms with Crippen LogP contribution in [0.3, 0.4) is 0 Å². The Morgan fingerprint density at radius 2 is 2.14 bits per heavy atom. The minimum absolute atomic E-state index is 0.0159. The van der Waals surface area contributed by atoms with Crippen molar-refractivity contribution in [2.45, 2.75) is 19.4 Å². The van der Waals surface area contributed by atoms with Gasteiger partial charge in [-0.1, -0.05) is 11.6 Å². The van der Waals surface area contributed by atoms with Crippen LogP contribution in [0.25, 0.3) is 0 Å². The summed E-state index contributed by atoms with van der Waals surface area (Å²) in [5.41, 5.74) is 1.37. The molecule has 1 aromatic carbocycles. The van der Waals surface area contributed by atoms with E-state index in [-0.39, 0.29) is 23.5 Å². The first-order valence-corrected chi connectivity index (χ1v) is 9.30. The fourth-order valence-corrected chi connectivity index (χ4v) is 4.71. The van der Waals surface area contributed by atoms with Crippen molar-refractivity contribution >= 4 is 27.3 Å². The van der Waals surface area contributed by atoms with Gasteiger partial charge < -0.3 is 9.64 Å². The number of nitrogens with zero attached hydrogens (tertiary/aromatic N) is 1. The summed E-state index contributed by atoms with van der Waals surface area (Å²) in [6, 6.07) is 4.85. The van der Waals surface area contributed by atoms with Crippen molar-refractivity contribution in [1.29, 1.82) is 0 Å². The molecule has 0 spiro atoms. The smallest absolute Gasteiger partial charge is 0.254 e. The fourth-order valence-electron chi connectivity index (χ4n) is 2.69. The Bertz CT molecular complexity index is 639. The lowest BCUT2D eigenvalue weighted by molar-refractivity contribution is 0.0624. The summed E-state index contributed by atoms with van der Waals surface area (Å²) in [5, 5.41) is 0.495. The number of ether oxygens (including phenoxy) is 1. The molecule has 1 aromatic rings. The fraction of sp³-hybridized carbons (Fsp3) is 0.533. The van der Waals surface area contributed by atoms with Gasteiger partial charge in [0.25, 0.3) is 5.91 Å². The molecule has 0 aliphatic carbocycles. The van der Waals surface area contributed by atoms with Crippen LogP contribution in [-0.2, 0) is 14.6 Å². The molecule has 0 bridgehead atoms. The van der Waals surface area contributed by atoms with Crippen molar-refractivity contribution in [2.24, 2.45) is 0 Å². The van der Waals surface area contributed by atoms with Crippen molar-refractivity contribution in [3.8, 4) is 0 Å². The van der Waals surface area contributed by atoms with Crippen molar-refractivity contribution < 1.29 is 17.9 Å². The lowest BCUT2D eigenvalue weighted by Gasteiger charge is -2.28. The van der Waals surface area contributed by atoms with E-state index in [0.717, 1.165) is 5.56 Å². The van der Waals surface area contributed by atoms with Crippen LogP contribution < -0.4 is 0 Å². The lowest BCUT2D eigenvalue weighted by atomic mass is 10.1. The number of halogens is 1. The number of benzene rings is 1. The molecule has 1 heterocycles. The number of aryl methyl sites for hydroxylation is 1. The highest BCUT2D eigenvalue weighted by molar-refractivity contribution is 7.91. The van der Waals surface area contributed by atoms with Crippen molar-refractivity contribution in [3.05, 3.63) is 34.3 Å². The van der Waals surface area contributed by atoms with Crippen LogP contribution in [0.1, 0.15) is 22.3 Å². The van der Waals surface area contributed by atoms with Crippen LogP contribution in [0.5, 0.6) is 0 Å². The maximum Gasteiger partial charge on any atom is 0.254 e. The summed E-state index contributed by atoms with van der Waals surface area (Å²) in [4.78, 5) is 14.4. The maximum atomic E-state index is 12.8. The second-order valence-corrected chi connectivity index (χ2v) is 8.23. The van der Waals surface area contributed by atoms with E-state index in [0.29, 0.717) is 30.2 Å². The van der Waals surface area contributed by atoms with E-state index in [1.807, 2.05) is 6.92 Å². The van der Waals surface area contributed by atoms with Crippen LogP contribution in [-0.4, -0.2) is 57.0 Å². The van der Waals surface area contributed by atoms with Crippen LogP contribution in [0.4, 0.5) is 0 Å². The van der Waals surface area contributed by atoms with E-state index in [1.165, 1.54) is 0 Å². The number of carbonyl (C=O) groups excluding carboxylic acids is 1. The van der Waals surface area contributed by atoms with Gasteiger partial charge in [-0.25, -0.2) is 8.42 Å². The van der Waals surface area contributed by atoms with E-state index >= 15 is 0 Å². The van der Waals surface area contributed by atoms with Gasteiger partial charge in [0.05, 0.1) is 18.1 Å². The van der Waals surface area contributed by atoms with Crippen LogP contribution in [0.2, 0.25) is 5.02 Å². The Kier molecular flexibility index (Phi) is 5.47. The number of amides is 1. The third kappa shape index (κ3) is 4.21. The molecule has 0 aromatic heterocycles. The molecule has 122 valence electrons. The summed E-state index contributed by atoms with van der Waals surface area (Å²) in [5.74, 6) is -0.0601. The Labute approximate surface area is 136 Å². The molecule has 1 amide bonds. The minimum Gasteiger partial charge on any atom is -0.383 e. The first kappa shape index (κ1) is 17.2. The largest absolute Gasteiger partial charge is 0.383 e. The number of carbonyl (C=O) groups is 1. The van der Waals surface area contributed by atoms with Crippen LogP contribution in [0.15, 0.2) is 18.2 Å². The molecule has 0 N–H and O–H groups in total. The first-order valence-electron chi connectivity index (χ1n) is 7.10. The van der Waals surface area contributed by atoms with Gasteiger partial charge >= 0.3 is 0 Å². The molecule has 1 atom stereocenters. The molecule has 1 aliphatic heterocycles. The molecule has 0 unspecified atom stereocenters. The molecule has 0 radical (unpaired) electrons. The number of methoxy groups -OCH3 is 1. The summed E-state index contributed by atoms with van der Waals surface area (Å²) >= 11 is 6.02. The van der Waals surface area contributed by atoms with E-state index in [4.69, 9.17) is 16.3 Å². The van der Waals surface area contributed by atoms with E-state index < -0.39 is 9.84 Å². The predicted octanol–water partition coefficient (Wildman–Crippen LogP) is 1.92. The predicted molar refractivity (Wildman–Crippen MR) is 86.2 cm³/mol. The van der Waals surface area contributed by atoms with Gasteiger partial charge in [0.1, 0.15) is 0 Å². The zero-order valence-electron chi connectivity index (χ0n) is 12.7. The normalized spacial score (nSPS) is 20.0. The van der Waals surface area contributed by atoms with Crippen molar-refractivity contribution in [1.82, 2.24) is 4.90 Å². The highest BCUT2D eigenvalue weighted by Gasteiger charge is 2.34. The number of rotatable bonds is 5. The summed E-state index contributed by atoms with van der Waals surface area (Å²) in [6.45, 7) is 2.59. The van der Waals surface area contributed by atoms with Crippen molar-refractivity contribution in [3.63, 3.8) is 0 Å². The van der Waals surface area contributed by atoms with Gasteiger partial charge in [-0.2, -0.15) is 0 Å². The Balaban J connectivity index is 2.26. The lowest BCUT2D eigenvalue weighted by Crippen LogP contribution is -2.43. The SMILES string of the molecule is COCCN(C(=O)c1cc(C)cc(Cl)c1)[C@@H]1CCS(=O)(=O)C1. The standard InChI is InChI=1S/C15H20ClNO4S/c1-11-7-12(9-13(16)8-11)15(18)17(4-5-21-2)14-3-6-22(19,20)10-14/h7-9,14H,3-6,10H2,1-2H3/t14-/m1/s1. The quantitative estimate of drug-likeness (QED) is 0.818. The number of hydrogen-bond acceptors (Lipinski definition) is 4. The van der Waals surface area contributed by atoms with E-state index in [2.05, 4.69) is 0 Å². The van der Waals surface area contributed by atoms with Gasteiger partial charge in [0, 0.05) is 30.3 Å². The molecule has 22 heavy (non-hydrogen) atoms. The van der Waals surface area contributed by atoms with Crippen molar-refractivity contribution in [2.75, 3.05) is 31.8 Å². The van der Waals surface area contributed by atoms with Gasteiger partial charge in [0.15, 0.2) is 9.84 Å². The van der Waals surface area contributed by atoms with Crippen LogP contribution in [0, 0.1) is 6.92 Å². The number of hydrogen-bond donors (Lipinski definition) is 0. The molecule has 2 rings (SSSR count). The molecule has 7 heteroatoms. The third-order valence-corrected chi connectivity index (χ3v) is 5.70. The summed E-state index contributed by atoms with van der Waals surface area (Å²) in [7, 11) is -1.51. The Hall–Kier alpha value is -1.11. The topological polar surface area (TPSA) is 63.7 Å². The molecule has 0 saturated carbocycles. The van der Waals surface area contributed by atoms with Crippen LogP contribution >= 0.6 is 11.6 Å².